The predicted molar refractivity (Wildman–Crippen MR) is 69.6 cm³/mol. The fourth-order valence-corrected chi connectivity index (χ4v) is 3.20. The van der Waals surface area contributed by atoms with E-state index in [4.69, 9.17) is 10.5 Å². The normalized spacial score (nSPS) is 20.4. The highest BCUT2D eigenvalue weighted by Crippen LogP contribution is 2.19. The zero-order chi connectivity index (χ0) is 13.9. The zero-order valence-corrected chi connectivity index (χ0v) is 11.2. The summed E-state index contributed by atoms with van der Waals surface area (Å²) in [7, 11) is -3.81. The Hall–Kier alpha value is -1.18. The van der Waals surface area contributed by atoms with E-state index in [0.29, 0.717) is 6.61 Å². The summed E-state index contributed by atoms with van der Waals surface area (Å²) >= 11 is 0. The number of ether oxygens (including phenoxy) is 1. The minimum absolute atomic E-state index is 0.0264. The molecule has 1 fully saturated rings. The highest BCUT2D eigenvalue weighted by atomic mass is 32.2. The van der Waals surface area contributed by atoms with Crippen molar-refractivity contribution in [3.8, 4) is 0 Å². The minimum atomic E-state index is -3.81. The minimum Gasteiger partial charge on any atom is -0.398 e. The van der Waals surface area contributed by atoms with E-state index in [9.17, 15) is 12.8 Å². The van der Waals surface area contributed by atoms with Crippen LogP contribution in [0.2, 0.25) is 0 Å². The Labute approximate surface area is 112 Å². The lowest BCUT2D eigenvalue weighted by atomic mass is 10.1. The molecule has 0 radical (unpaired) electrons. The smallest absolute Gasteiger partial charge is 0.242 e. The average Bonchev–Trinajstić information content (AvgIpc) is 2.40. The van der Waals surface area contributed by atoms with Gasteiger partial charge in [0.05, 0.1) is 11.8 Å². The highest BCUT2D eigenvalue weighted by molar-refractivity contribution is 7.89. The van der Waals surface area contributed by atoms with Gasteiger partial charge < -0.3 is 10.5 Å². The van der Waals surface area contributed by atoms with Crippen LogP contribution in [0.3, 0.4) is 0 Å². The summed E-state index contributed by atoms with van der Waals surface area (Å²) in [5.41, 5.74) is 5.59. The molecule has 0 aliphatic carbocycles. The number of halogens is 1. The lowest BCUT2D eigenvalue weighted by Gasteiger charge is -2.22. The van der Waals surface area contributed by atoms with Crippen molar-refractivity contribution in [3.05, 3.63) is 24.0 Å². The molecule has 106 valence electrons. The van der Waals surface area contributed by atoms with Crippen molar-refractivity contribution < 1.29 is 17.5 Å². The number of nitrogens with two attached hydrogens (primary N) is 1. The van der Waals surface area contributed by atoms with Gasteiger partial charge in [0.2, 0.25) is 10.0 Å². The quantitative estimate of drug-likeness (QED) is 0.817. The predicted octanol–water partition coefficient (Wildman–Crippen LogP) is 1.26. The van der Waals surface area contributed by atoms with Crippen LogP contribution >= 0.6 is 0 Å². The van der Waals surface area contributed by atoms with Crippen LogP contribution in [0.25, 0.3) is 0 Å². The molecule has 1 saturated heterocycles. The molecule has 1 aliphatic rings. The fourth-order valence-electron chi connectivity index (χ4n) is 1.99. The highest BCUT2D eigenvalue weighted by Gasteiger charge is 2.21. The molecule has 1 aromatic rings. The SMILES string of the molecule is Nc1ccc(F)cc1S(=O)(=O)NCC1CCCCO1. The number of rotatable bonds is 4. The van der Waals surface area contributed by atoms with Gasteiger partial charge in [-0.05, 0) is 37.5 Å². The summed E-state index contributed by atoms with van der Waals surface area (Å²) < 4.78 is 45.0. The molecule has 0 spiro atoms. The van der Waals surface area contributed by atoms with Gasteiger partial charge >= 0.3 is 0 Å². The van der Waals surface area contributed by atoms with Gasteiger partial charge in [-0.25, -0.2) is 17.5 Å². The van der Waals surface area contributed by atoms with Gasteiger partial charge in [0.1, 0.15) is 10.7 Å². The number of benzene rings is 1. The number of nitrogen functional groups attached to an aromatic ring is 1. The molecule has 5 nitrogen and oxygen atoms in total. The fraction of sp³-hybridized carbons (Fsp3) is 0.500. The summed E-state index contributed by atoms with van der Waals surface area (Å²) in [5.74, 6) is -0.636. The summed E-state index contributed by atoms with van der Waals surface area (Å²) in [6.07, 6.45) is 2.72. The topological polar surface area (TPSA) is 81.4 Å². The van der Waals surface area contributed by atoms with E-state index in [-0.39, 0.29) is 23.2 Å². The molecule has 0 bridgehead atoms. The zero-order valence-electron chi connectivity index (χ0n) is 10.4. The van der Waals surface area contributed by atoms with Gasteiger partial charge in [0, 0.05) is 13.2 Å². The van der Waals surface area contributed by atoms with Crippen molar-refractivity contribution in [3.63, 3.8) is 0 Å². The average molecular weight is 288 g/mol. The monoisotopic (exact) mass is 288 g/mol. The van der Waals surface area contributed by atoms with Crippen LogP contribution in [0.5, 0.6) is 0 Å². The van der Waals surface area contributed by atoms with Crippen molar-refractivity contribution in [1.82, 2.24) is 4.72 Å². The van der Waals surface area contributed by atoms with E-state index in [1.54, 1.807) is 0 Å². The second-order valence-electron chi connectivity index (χ2n) is 4.52. The molecule has 1 aromatic carbocycles. The van der Waals surface area contributed by atoms with Crippen LogP contribution in [-0.4, -0.2) is 27.7 Å². The van der Waals surface area contributed by atoms with Crippen molar-refractivity contribution in [2.75, 3.05) is 18.9 Å². The Morgan fingerprint density at radius 1 is 1.42 bits per heavy atom. The number of hydrogen-bond donors (Lipinski definition) is 2. The maximum absolute atomic E-state index is 13.1. The second kappa shape index (κ2) is 5.85. The van der Waals surface area contributed by atoms with E-state index in [2.05, 4.69) is 4.72 Å². The first-order valence-electron chi connectivity index (χ1n) is 6.15. The Bertz CT molecular complexity index is 542. The maximum atomic E-state index is 13.1. The summed E-state index contributed by atoms with van der Waals surface area (Å²) in [6, 6.07) is 3.28. The van der Waals surface area contributed by atoms with Gasteiger partial charge in [-0.3, -0.25) is 0 Å². The largest absolute Gasteiger partial charge is 0.398 e. The lowest BCUT2D eigenvalue weighted by Crippen LogP contribution is -2.35. The van der Waals surface area contributed by atoms with Crippen LogP contribution in [0.1, 0.15) is 19.3 Å². The van der Waals surface area contributed by atoms with Gasteiger partial charge in [-0.1, -0.05) is 0 Å². The molecule has 19 heavy (non-hydrogen) atoms. The van der Waals surface area contributed by atoms with Crippen LogP contribution in [0.15, 0.2) is 23.1 Å². The summed E-state index contributed by atoms with van der Waals surface area (Å²) in [5, 5.41) is 0. The van der Waals surface area contributed by atoms with Crippen molar-refractivity contribution in [1.29, 1.82) is 0 Å². The number of nitrogens with one attached hydrogen (secondary N) is 1. The van der Waals surface area contributed by atoms with Crippen LogP contribution in [0.4, 0.5) is 10.1 Å². The van der Waals surface area contributed by atoms with E-state index < -0.39 is 15.8 Å². The molecule has 0 saturated carbocycles. The van der Waals surface area contributed by atoms with Gasteiger partial charge in [0.25, 0.3) is 0 Å². The molecule has 1 aliphatic heterocycles. The molecule has 2 rings (SSSR count). The van der Waals surface area contributed by atoms with Gasteiger partial charge in [-0.15, -0.1) is 0 Å². The third-order valence-corrected chi connectivity index (χ3v) is 4.52. The van der Waals surface area contributed by atoms with E-state index in [1.807, 2.05) is 0 Å². The van der Waals surface area contributed by atoms with Gasteiger partial charge in [0.15, 0.2) is 0 Å². The molecule has 7 heteroatoms. The molecule has 1 heterocycles. The molecular formula is C12H17FN2O3S. The van der Waals surface area contributed by atoms with Crippen LogP contribution < -0.4 is 10.5 Å². The Morgan fingerprint density at radius 2 is 2.21 bits per heavy atom. The second-order valence-corrected chi connectivity index (χ2v) is 6.26. The number of hydrogen-bond acceptors (Lipinski definition) is 4. The van der Waals surface area contributed by atoms with E-state index >= 15 is 0 Å². The van der Waals surface area contributed by atoms with E-state index in [0.717, 1.165) is 31.4 Å². The third kappa shape index (κ3) is 3.65. The lowest BCUT2D eigenvalue weighted by molar-refractivity contribution is 0.0200. The molecule has 0 amide bonds. The maximum Gasteiger partial charge on any atom is 0.242 e. The van der Waals surface area contributed by atoms with Crippen LogP contribution in [-0.2, 0) is 14.8 Å². The third-order valence-electron chi connectivity index (χ3n) is 3.04. The number of sulfonamides is 1. The Kier molecular flexibility index (Phi) is 4.38. The Morgan fingerprint density at radius 3 is 2.89 bits per heavy atom. The molecular weight excluding hydrogens is 271 g/mol. The molecule has 1 unspecified atom stereocenters. The first kappa shape index (κ1) is 14.2. The molecule has 3 N–H and O–H groups in total. The van der Waals surface area contributed by atoms with Crippen molar-refractivity contribution in [2.45, 2.75) is 30.3 Å². The van der Waals surface area contributed by atoms with E-state index in [1.165, 1.54) is 6.07 Å². The first-order chi connectivity index (χ1) is 8.99. The summed E-state index contributed by atoms with van der Waals surface area (Å²) in [4.78, 5) is -0.233. The van der Waals surface area contributed by atoms with Crippen molar-refractivity contribution in [2.24, 2.45) is 0 Å². The Balaban J connectivity index is 2.07. The molecule has 0 aromatic heterocycles. The summed E-state index contributed by atoms with van der Waals surface area (Å²) in [6.45, 7) is 0.826. The molecule has 1 atom stereocenters. The van der Waals surface area contributed by atoms with Crippen LogP contribution in [0, 0.1) is 5.82 Å². The van der Waals surface area contributed by atoms with Gasteiger partial charge in [-0.2, -0.15) is 0 Å². The number of anilines is 1. The standard InChI is InChI=1S/C12H17FN2O3S/c13-9-4-5-11(14)12(7-9)19(16,17)15-8-10-3-1-2-6-18-10/h4-5,7,10,15H,1-3,6,8,14H2. The van der Waals surface area contributed by atoms with Crippen molar-refractivity contribution >= 4 is 15.7 Å². The first-order valence-corrected chi connectivity index (χ1v) is 7.63.